The Morgan fingerprint density at radius 2 is 2.39 bits per heavy atom. The number of hydrogen-bond donors (Lipinski definition) is 2. The molecule has 1 heterocycles. The number of anilines is 1. The first-order chi connectivity index (χ1) is 8.79. The van der Waals surface area contributed by atoms with Crippen LogP contribution < -0.4 is 10.6 Å². The molecule has 0 saturated carbocycles. The van der Waals surface area contributed by atoms with E-state index >= 15 is 0 Å². The molecule has 1 amide bonds. The molecular formula is C14H18N2O2. The van der Waals surface area contributed by atoms with Crippen molar-refractivity contribution in [1.29, 1.82) is 0 Å². The van der Waals surface area contributed by atoms with Gasteiger partial charge < -0.3 is 10.1 Å². The maximum Gasteiger partial charge on any atom is 0.228 e. The zero-order valence-corrected chi connectivity index (χ0v) is 10.5. The number of hydrogen-bond acceptors (Lipinski definition) is 3. The fourth-order valence-electron chi connectivity index (χ4n) is 1.85. The Morgan fingerprint density at radius 1 is 1.50 bits per heavy atom. The lowest BCUT2D eigenvalue weighted by Crippen LogP contribution is -2.17. The normalized spacial score (nSPS) is 13.9. The summed E-state index contributed by atoms with van der Waals surface area (Å²) in [5.74, 6) is 0.0736. The predicted octanol–water partition coefficient (Wildman–Crippen LogP) is 1.78. The number of rotatable bonds is 6. The minimum atomic E-state index is 0.0736. The summed E-state index contributed by atoms with van der Waals surface area (Å²) in [4.78, 5) is 11.2. The quantitative estimate of drug-likeness (QED) is 0.594. The van der Waals surface area contributed by atoms with Crippen molar-refractivity contribution in [3.8, 4) is 0 Å². The van der Waals surface area contributed by atoms with Gasteiger partial charge in [0.25, 0.3) is 0 Å². The van der Waals surface area contributed by atoms with Crippen molar-refractivity contribution in [3.63, 3.8) is 0 Å². The molecular weight excluding hydrogens is 228 g/mol. The van der Waals surface area contributed by atoms with Gasteiger partial charge in [0.1, 0.15) is 0 Å². The van der Waals surface area contributed by atoms with Gasteiger partial charge in [-0.3, -0.25) is 10.1 Å². The molecule has 0 atom stereocenters. The summed E-state index contributed by atoms with van der Waals surface area (Å²) in [6, 6.07) is 6.03. The largest absolute Gasteiger partial charge is 0.367 e. The summed E-state index contributed by atoms with van der Waals surface area (Å²) in [5.41, 5.74) is 3.10. The summed E-state index contributed by atoms with van der Waals surface area (Å²) in [6.45, 7) is 4.03. The van der Waals surface area contributed by atoms with Gasteiger partial charge >= 0.3 is 0 Å². The van der Waals surface area contributed by atoms with Crippen LogP contribution in [0.3, 0.4) is 0 Å². The minimum absolute atomic E-state index is 0.0736. The van der Waals surface area contributed by atoms with Gasteiger partial charge in [-0.15, -0.1) is 0 Å². The van der Waals surface area contributed by atoms with Crippen molar-refractivity contribution < 1.29 is 9.53 Å². The lowest BCUT2D eigenvalue weighted by molar-refractivity contribution is -0.115. The summed E-state index contributed by atoms with van der Waals surface area (Å²) < 4.78 is 5.17. The molecule has 0 spiro atoms. The molecule has 0 saturated heterocycles. The molecule has 4 nitrogen and oxygen atoms in total. The summed E-state index contributed by atoms with van der Waals surface area (Å²) in [5, 5.41) is 5.98. The first kappa shape index (κ1) is 12.8. The van der Waals surface area contributed by atoms with Crippen LogP contribution in [-0.2, 0) is 16.0 Å². The molecule has 0 bridgehead atoms. The van der Waals surface area contributed by atoms with Crippen molar-refractivity contribution >= 4 is 17.7 Å². The molecule has 2 N–H and O–H groups in total. The molecule has 1 aliphatic heterocycles. The second-order valence-corrected chi connectivity index (χ2v) is 4.14. The van der Waals surface area contributed by atoms with E-state index in [4.69, 9.17) is 4.74 Å². The highest BCUT2D eigenvalue weighted by molar-refractivity contribution is 5.99. The zero-order chi connectivity index (χ0) is 12.8. The Bertz CT molecular complexity index is 455. The second kappa shape index (κ2) is 6.33. The highest BCUT2D eigenvalue weighted by Gasteiger charge is 2.16. The van der Waals surface area contributed by atoms with Crippen LogP contribution >= 0.6 is 0 Å². The van der Waals surface area contributed by atoms with E-state index in [1.807, 2.05) is 37.3 Å². The van der Waals surface area contributed by atoms with Crippen LogP contribution in [0.25, 0.3) is 6.08 Å². The summed E-state index contributed by atoms with van der Waals surface area (Å²) in [7, 11) is 0. The third-order valence-electron chi connectivity index (χ3n) is 2.74. The van der Waals surface area contributed by atoms with E-state index in [1.165, 1.54) is 0 Å². The number of benzene rings is 1. The maximum absolute atomic E-state index is 11.2. The second-order valence-electron chi connectivity index (χ2n) is 4.14. The monoisotopic (exact) mass is 246 g/mol. The van der Waals surface area contributed by atoms with E-state index in [0.717, 1.165) is 30.0 Å². The fraction of sp³-hybridized carbons (Fsp3) is 0.357. The highest BCUT2D eigenvalue weighted by Crippen LogP contribution is 2.24. The molecule has 18 heavy (non-hydrogen) atoms. The Balaban J connectivity index is 1.85. The zero-order valence-electron chi connectivity index (χ0n) is 10.5. The Labute approximate surface area is 107 Å². The van der Waals surface area contributed by atoms with Crippen molar-refractivity contribution in [2.24, 2.45) is 0 Å². The van der Waals surface area contributed by atoms with Gasteiger partial charge in [0.15, 0.2) is 0 Å². The standard InChI is InChI=1S/C14H18N2O2/c1-2-18-10-15-7-3-4-11-5-6-12-9-14(17)16-13(12)8-11/h3-6,8,15H,2,7,9-10H2,1H3,(H,16,17)/b4-3+. The first-order valence-corrected chi connectivity index (χ1v) is 6.17. The van der Waals surface area contributed by atoms with Crippen LogP contribution in [0.5, 0.6) is 0 Å². The molecule has 0 fully saturated rings. The van der Waals surface area contributed by atoms with Crippen molar-refractivity contribution in [1.82, 2.24) is 5.32 Å². The van der Waals surface area contributed by atoms with Crippen LogP contribution in [-0.4, -0.2) is 25.8 Å². The van der Waals surface area contributed by atoms with Gasteiger partial charge in [0, 0.05) is 18.8 Å². The molecule has 2 rings (SSSR count). The molecule has 0 radical (unpaired) electrons. The van der Waals surface area contributed by atoms with Crippen LogP contribution in [0, 0.1) is 0 Å². The third-order valence-corrected chi connectivity index (χ3v) is 2.74. The molecule has 96 valence electrons. The Hall–Kier alpha value is -1.65. The lowest BCUT2D eigenvalue weighted by atomic mass is 10.1. The minimum Gasteiger partial charge on any atom is -0.367 e. The van der Waals surface area contributed by atoms with E-state index < -0.39 is 0 Å². The number of carbonyl (C=O) groups is 1. The number of nitrogens with one attached hydrogen (secondary N) is 2. The topological polar surface area (TPSA) is 50.4 Å². The van der Waals surface area contributed by atoms with Crippen LogP contribution in [0.15, 0.2) is 24.3 Å². The molecule has 4 heteroatoms. The van der Waals surface area contributed by atoms with Crippen molar-refractivity contribution in [3.05, 3.63) is 35.4 Å². The third kappa shape index (κ3) is 3.42. The average molecular weight is 246 g/mol. The van der Waals surface area contributed by atoms with E-state index in [2.05, 4.69) is 10.6 Å². The SMILES string of the molecule is CCOCNC/C=C/c1ccc2c(c1)NC(=O)C2. The maximum atomic E-state index is 11.2. The smallest absolute Gasteiger partial charge is 0.228 e. The van der Waals surface area contributed by atoms with Gasteiger partial charge in [0.2, 0.25) is 5.91 Å². The predicted molar refractivity (Wildman–Crippen MR) is 72.3 cm³/mol. The van der Waals surface area contributed by atoms with Crippen LogP contribution in [0.1, 0.15) is 18.1 Å². The van der Waals surface area contributed by atoms with Crippen molar-refractivity contribution in [2.45, 2.75) is 13.3 Å². The van der Waals surface area contributed by atoms with E-state index in [0.29, 0.717) is 13.2 Å². The molecule has 1 aliphatic rings. The van der Waals surface area contributed by atoms with Gasteiger partial charge in [-0.1, -0.05) is 24.3 Å². The number of amides is 1. The molecule has 0 aromatic heterocycles. The summed E-state index contributed by atoms with van der Waals surface area (Å²) >= 11 is 0. The molecule has 1 aromatic rings. The highest BCUT2D eigenvalue weighted by atomic mass is 16.5. The number of ether oxygens (including phenoxy) is 1. The number of carbonyl (C=O) groups excluding carboxylic acids is 1. The molecule has 0 aliphatic carbocycles. The summed E-state index contributed by atoms with van der Waals surface area (Å²) in [6.07, 6.45) is 4.57. The average Bonchev–Trinajstić information content (AvgIpc) is 2.73. The van der Waals surface area contributed by atoms with Crippen molar-refractivity contribution in [2.75, 3.05) is 25.2 Å². The lowest BCUT2D eigenvalue weighted by Gasteiger charge is -2.01. The van der Waals surface area contributed by atoms with Gasteiger partial charge in [-0.2, -0.15) is 0 Å². The van der Waals surface area contributed by atoms with Gasteiger partial charge in [-0.05, 0) is 24.1 Å². The van der Waals surface area contributed by atoms with Gasteiger partial charge in [-0.25, -0.2) is 0 Å². The molecule has 1 aromatic carbocycles. The van der Waals surface area contributed by atoms with Crippen LogP contribution in [0.4, 0.5) is 5.69 Å². The fourth-order valence-corrected chi connectivity index (χ4v) is 1.85. The molecule has 0 unspecified atom stereocenters. The van der Waals surface area contributed by atoms with Crippen LogP contribution in [0.2, 0.25) is 0 Å². The first-order valence-electron chi connectivity index (χ1n) is 6.17. The van der Waals surface area contributed by atoms with Gasteiger partial charge in [0.05, 0.1) is 13.2 Å². The van der Waals surface area contributed by atoms with E-state index in [9.17, 15) is 4.79 Å². The van der Waals surface area contributed by atoms with E-state index in [1.54, 1.807) is 0 Å². The van der Waals surface area contributed by atoms with E-state index in [-0.39, 0.29) is 5.91 Å². The number of fused-ring (bicyclic) bond motifs is 1. The Kier molecular flexibility index (Phi) is 4.50. The Morgan fingerprint density at radius 3 is 3.22 bits per heavy atom.